The molecule has 2 unspecified atom stereocenters. The molecule has 2 aromatic heterocycles. The molecule has 0 saturated heterocycles. The van der Waals surface area contributed by atoms with Crippen LogP contribution in [0.5, 0.6) is 5.75 Å². The molecule has 0 radical (unpaired) electrons. The lowest BCUT2D eigenvalue weighted by atomic mass is 9.64. The third-order valence-corrected chi connectivity index (χ3v) is 9.34. The molecule has 3 aliphatic rings. The van der Waals surface area contributed by atoms with Crippen LogP contribution in [0.3, 0.4) is 0 Å². The van der Waals surface area contributed by atoms with Crippen LogP contribution in [-0.2, 0) is 18.6 Å². The second-order valence-corrected chi connectivity index (χ2v) is 11.6. The van der Waals surface area contributed by atoms with E-state index < -0.39 is 0 Å². The van der Waals surface area contributed by atoms with Crippen molar-refractivity contribution >= 4 is 0 Å². The summed E-state index contributed by atoms with van der Waals surface area (Å²) in [6.07, 6.45) is 12.3. The van der Waals surface area contributed by atoms with E-state index in [0.717, 1.165) is 35.3 Å². The van der Waals surface area contributed by atoms with Crippen LogP contribution in [-0.4, -0.2) is 25.2 Å². The Labute approximate surface area is 224 Å². The molecule has 194 valence electrons. The largest absolute Gasteiger partial charge is 0.487 e. The summed E-state index contributed by atoms with van der Waals surface area (Å²) in [6, 6.07) is 23.8. The Morgan fingerprint density at radius 3 is 2.34 bits per heavy atom. The third kappa shape index (κ3) is 4.40. The monoisotopic (exact) mass is 505 g/mol. The minimum absolute atomic E-state index is 0.0640. The van der Waals surface area contributed by atoms with Crippen LogP contribution in [0.15, 0.2) is 72.9 Å². The predicted octanol–water partition coefficient (Wildman–Crippen LogP) is 6.61. The van der Waals surface area contributed by atoms with E-state index in [4.69, 9.17) is 9.84 Å². The summed E-state index contributed by atoms with van der Waals surface area (Å²) in [5.74, 6) is 3.82. The van der Waals surface area contributed by atoms with Gasteiger partial charge in [-0.3, -0.25) is 4.98 Å². The van der Waals surface area contributed by atoms with Crippen LogP contribution in [0.4, 0.5) is 0 Å². The Bertz CT molecular complexity index is 1360. The average molecular weight is 506 g/mol. The fraction of sp³-hybridized carbons (Fsp3) is 0.438. The molecule has 0 spiro atoms. The molecule has 38 heavy (non-hydrogen) atoms. The number of ether oxygens (including phenoxy) is 1. The summed E-state index contributed by atoms with van der Waals surface area (Å²) in [7, 11) is 0. The summed E-state index contributed by atoms with van der Waals surface area (Å²) in [5.41, 5.74) is 4.86. The lowest BCUT2D eigenvalue weighted by Crippen LogP contribution is -2.34. The highest BCUT2D eigenvalue weighted by molar-refractivity contribution is 5.56. The molecule has 0 N–H and O–H groups in total. The zero-order valence-electron chi connectivity index (χ0n) is 21.9. The molecule has 4 aromatic rings. The molecule has 6 heteroatoms. The number of aromatic nitrogens is 5. The second-order valence-electron chi connectivity index (χ2n) is 11.6. The molecule has 3 aliphatic carbocycles. The van der Waals surface area contributed by atoms with Gasteiger partial charge in [0, 0.05) is 17.2 Å². The van der Waals surface area contributed by atoms with Crippen molar-refractivity contribution in [2.45, 2.75) is 69.9 Å². The van der Waals surface area contributed by atoms with Gasteiger partial charge >= 0.3 is 0 Å². The second kappa shape index (κ2) is 9.97. The molecule has 0 aliphatic heterocycles. The molecule has 2 heterocycles. The van der Waals surface area contributed by atoms with Gasteiger partial charge in [-0.15, -0.1) is 10.2 Å². The number of hydrogen-bond acceptors (Lipinski definition) is 5. The molecule has 3 saturated carbocycles. The fourth-order valence-electron chi connectivity index (χ4n) is 7.47. The van der Waals surface area contributed by atoms with E-state index in [2.05, 4.69) is 63.8 Å². The Morgan fingerprint density at radius 1 is 0.868 bits per heavy atom. The van der Waals surface area contributed by atoms with Crippen molar-refractivity contribution in [2.24, 2.45) is 17.8 Å². The predicted molar refractivity (Wildman–Crippen MR) is 146 cm³/mol. The molecule has 0 amide bonds. The van der Waals surface area contributed by atoms with Crippen molar-refractivity contribution in [3.05, 3.63) is 89.7 Å². The normalized spacial score (nSPS) is 24.7. The van der Waals surface area contributed by atoms with Crippen molar-refractivity contribution in [3.63, 3.8) is 0 Å². The maximum Gasteiger partial charge on any atom is 0.204 e. The van der Waals surface area contributed by atoms with E-state index in [9.17, 15) is 0 Å². The van der Waals surface area contributed by atoms with E-state index in [-0.39, 0.29) is 5.41 Å². The molecule has 7 rings (SSSR count). The minimum Gasteiger partial charge on any atom is -0.487 e. The van der Waals surface area contributed by atoms with Crippen LogP contribution in [0.2, 0.25) is 0 Å². The number of tetrazole rings is 1. The van der Waals surface area contributed by atoms with Crippen molar-refractivity contribution in [1.29, 1.82) is 0 Å². The smallest absolute Gasteiger partial charge is 0.204 e. The van der Waals surface area contributed by atoms with Crippen molar-refractivity contribution in [3.8, 4) is 17.1 Å². The standard InChI is InChI=1S/C32H35N5O/c1-2-6-23(5-1)21-37-35-31(34-36-37)25-9-12-26(13-10-25)32(20-24-8-11-28(32)19-24)27-14-16-30(17-15-27)38-22-29-7-3-4-18-33-29/h3-4,7,9-10,12-18,23-24,28H,1-2,5-6,8,11,19-22H2/t24?,28?,32-/m0/s1. The Hall–Kier alpha value is -3.54. The van der Waals surface area contributed by atoms with Gasteiger partial charge in [-0.05, 0) is 90.5 Å². The molecule has 3 atom stereocenters. The van der Waals surface area contributed by atoms with Crippen molar-refractivity contribution in [2.75, 3.05) is 0 Å². The molecule has 6 nitrogen and oxygen atoms in total. The Balaban J connectivity index is 1.12. The molecule has 2 aromatic carbocycles. The summed E-state index contributed by atoms with van der Waals surface area (Å²) in [6.45, 7) is 1.37. The summed E-state index contributed by atoms with van der Waals surface area (Å²) < 4.78 is 6.03. The first-order chi connectivity index (χ1) is 18.8. The first kappa shape index (κ1) is 23.6. The number of fused-ring (bicyclic) bond motifs is 2. The molecule has 2 bridgehead atoms. The van der Waals surface area contributed by atoms with Gasteiger partial charge < -0.3 is 4.74 Å². The lowest BCUT2D eigenvalue weighted by molar-refractivity contribution is 0.299. The van der Waals surface area contributed by atoms with E-state index in [0.29, 0.717) is 18.4 Å². The summed E-state index contributed by atoms with van der Waals surface area (Å²) in [5, 5.41) is 13.4. The van der Waals surface area contributed by atoms with E-state index in [1.165, 1.54) is 62.5 Å². The molecular weight excluding hydrogens is 470 g/mol. The third-order valence-electron chi connectivity index (χ3n) is 9.34. The van der Waals surface area contributed by atoms with Gasteiger partial charge in [-0.2, -0.15) is 4.80 Å². The number of nitrogens with zero attached hydrogens (tertiary/aromatic N) is 5. The number of rotatable bonds is 8. The van der Waals surface area contributed by atoms with Gasteiger partial charge in [0.05, 0.1) is 12.2 Å². The summed E-state index contributed by atoms with van der Waals surface area (Å²) >= 11 is 0. The lowest BCUT2D eigenvalue weighted by Gasteiger charge is -2.39. The highest BCUT2D eigenvalue weighted by atomic mass is 16.5. The maximum absolute atomic E-state index is 6.03. The first-order valence-corrected chi connectivity index (χ1v) is 14.3. The van der Waals surface area contributed by atoms with Crippen LogP contribution in [0.25, 0.3) is 11.4 Å². The van der Waals surface area contributed by atoms with Crippen LogP contribution in [0.1, 0.15) is 68.2 Å². The van der Waals surface area contributed by atoms with E-state index in [1.54, 1.807) is 11.0 Å². The van der Waals surface area contributed by atoms with Crippen LogP contribution < -0.4 is 4.74 Å². The maximum atomic E-state index is 6.03. The minimum atomic E-state index is 0.0640. The van der Waals surface area contributed by atoms with E-state index in [1.807, 2.05) is 18.2 Å². The average Bonchev–Trinajstić information content (AvgIpc) is 3.79. The number of hydrogen-bond donors (Lipinski definition) is 0. The van der Waals surface area contributed by atoms with Gasteiger partial charge in [0.1, 0.15) is 12.4 Å². The van der Waals surface area contributed by atoms with Gasteiger partial charge in [0.2, 0.25) is 5.82 Å². The Kier molecular flexibility index (Phi) is 6.18. The number of pyridine rings is 1. The molecular formula is C32H35N5O. The van der Waals surface area contributed by atoms with Gasteiger partial charge in [0.15, 0.2) is 0 Å². The number of benzene rings is 2. The van der Waals surface area contributed by atoms with E-state index >= 15 is 0 Å². The fourth-order valence-corrected chi connectivity index (χ4v) is 7.47. The van der Waals surface area contributed by atoms with Gasteiger partial charge in [-0.1, -0.05) is 61.7 Å². The van der Waals surface area contributed by atoms with Crippen LogP contribution in [0, 0.1) is 17.8 Å². The first-order valence-electron chi connectivity index (χ1n) is 14.3. The zero-order chi connectivity index (χ0) is 25.4. The quantitative estimate of drug-likeness (QED) is 0.270. The highest BCUT2D eigenvalue weighted by Gasteiger charge is 2.52. The van der Waals surface area contributed by atoms with Gasteiger partial charge in [-0.25, -0.2) is 0 Å². The zero-order valence-corrected chi connectivity index (χ0v) is 21.9. The van der Waals surface area contributed by atoms with Crippen molar-refractivity contribution < 1.29 is 4.74 Å². The van der Waals surface area contributed by atoms with Crippen LogP contribution >= 0.6 is 0 Å². The van der Waals surface area contributed by atoms with Gasteiger partial charge in [0.25, 0.3) is 0 Å². The molecule has 3 fully saturated rings. The topological polar surface area (TPSA) is 65.7 Å². The highest BCUT2D eigenvalue weighted by Crippen LogP contribution is 2.60. The summed E-state index contributed by atoms with van der Waals surface area (Å²) in [4.78, 5) is 6.16. The SMILES string of the molecule is c1ccc(COc2ccc([C@@]3(c4ccc(-c5nnn(CC6CCCC6)n5)cc4)CC4CCC3C4)cc2)nc1. The van der Waals surface area contributed by atoms with Crippen molar-refractivity contribution in [1.82, 2.24) is 25.2 Å². The Morgan fingerprint density at radius 2 is 1.66 bits per heavy atom.